The smallest absolute Gasteiger partial charge is 0.120 e. The van der Waals surface area contributed by atoms with E-state index in [1.54, 1.807) is 18.2 Å². The van der Waals surface area contributed by atoms with E-state index in [9.17, 15) is 10.2 Å². The SMILES string of the molecule is COc1ccc(C(O)C(O)CBr)c(Cl)c1. The summed E-state index contributed by atoms with van der Waals surface area (Å²) in [6, 6.07) is 4.92. The molecular weight excluding hydrogens is 283 g/mol. The molecule has 0 aromatic heterocycles. The highest BCUT2D eigenvalue weighted by atomic mass is 79.9. The Morgan fingerprint density at radius 2 is 2.13 bits per heavy atom. The molecular formula is C10H12BrClO3. The number of benzene rings is 1. The van der Waals surface area contributed by atoms with Crippen molar-refractivity contribution in [2.45, 2.75) is 12.2 Å². The van der Waals surface area contributed by atoms with Gasteiger partial charge >= 0.3 is 0 Å². The lowest BCUT2D eigenvalue weighted by Gasteiger charge is -2.17. The minimum absolute atomic E-state index is 0.288. The number of aliphatic hydroxyl groups is 2. The zero-order chi connectivity index (χ0) is 11.4. The number of alkyl halides is 1. The highest BCUT2D eigenvalue weighted by molar-refractivity contribution is 9.09. The molecule has 0 heterocycles. The molecule has 2 atom stereocenters. The van der Waals surface area contributed by atoms with E-state index in [2.05, 4.69) is 15.9 Å². The van der Waals surface area contributed by atoms with E-state index in [1.807, 2.05) is 0 Å². The van der Waals surface area contributed by atoms with Crippen molar-refractivity contribution in [3.63, 3.8) is 0 Å². The molecule has 2 N–H and O–H groups in total. The summed E-state index contributed by atoms with van der Waals surface area (Å²) in [5.74, 6) is 0.615. The number of hydrogen-bond donors (Lipinski definition) is 2. The van der Waals surface area contributed by atoms with E-state index in [0.717, 1.165) is 0 Å². The Kier molecular flexibility index (Phi) is 4.86. The Bertz CT molecular complexity index is 332. The second-order valence-electron chi connectivity index (χ2n) is 3.05. The summed E-state index contributed by atoms with van der Waals surface area (Å²) in [5.41, 5.74) is 0.490. The van der Waals surface area contributed by atoms with Gasteiger partial charge in [0.25, 0.3) is 0 Å². The Morgan fingerprint density at radius 1 is 1.47 bits per heavy atom. The van der Waals surface area contributed by atoms with Crippen LogP contribution in [0.5, 0.6) is 5.75 Å². The van der Waals surface area contributed by atoms with Crippen LogP contribution in [-0.2, 0) is 0 Å². The highest BCUT2D eigenvalue weighted by Crippen LogP contribution is 2.29. The molecule has 1 rings (SSSR count). The lowest BCUT2D eigenvalue weighted by molar-refractivity contribution is 0.0343. The average molecular weight is 296 g/mol. The standard InChI is InChI=1S/C10H12BrClO3/c1-15-6-2-3-7(8(12)4-6)10(14)9(13)5-11/h2-4,9-10,13-14H,5H2,1H3. The predicted octanol–water partition coefficient (Wildman–Crippen LogP) is 2.14. The van der Waals surface area contributed by atoms with Crippen molar-refractivity contribution in [1.82, 2.24) is 0 Å². The summed E-state index contributed by atoms with van der Waals surface area (Å²) in [5, 5.41) is 19.8. The summed E-state index contributed by atoms with van der Waals surface area (Å²) in [4.78, 5) is 0. The maximum absolute atomic E-state index is 9.73. The van der Waals surface area contributed by atoms with Crippen LogP contribution in [0, 0.1) is 0 Å². The van der Waals surface area contributed by atoms with Gasteiger partial charge in [-0.05, 0) is 12.1 Å². The van der Waals surface area contributed by atoms with Gasteiger partial charge in [0, 0.05) is 10.9 Å². The largest absolute Gasteiger partial charge is 0.497 e. The zero-order valence-corrected chi connectivity index (χ0v) is 10.5. The molecule has 0 saturated carbocycles. The second kappa shape index (κ2) is 5.70. The molecule has 0 saturated heterocycles. The van der Waals surface area contributed by atoms with Gasteiger partial charge in [-0.15, -0.1) is 0 Å². The van der Waals surface area contributed by atoms with E-state index >= 15 is 0 Å². The molecule has 1 aromatic rings. The normalized spacial score (nSPS) is 14.7. The number of halogens is 2. The van der Waals surface area contributed by atoms with Gasteiger partial charge in [-0.1, -0.05) is 33.6 Å². The van der Waals surface area contributed by atoms with Gasteiger partial charge < -0.3 is 14.9 Å². The first-order valence-corrected chi connectivity index (χ1v) is 5.85. The monoisotopic (exact) mass is 294 g/mol. The molecule has 1 aromatic carbocycles. The summed E-state index contributed by atoms with van der Waals surface area (Å²) >= 11 is 9.03. The summed E-state index contributed by atoms with van der Waals surface area (Å²) in [7, 11) is 1.54. The van der Waals surface area contributed by atoms with Crippen LogP contribution in [0.1, 0.15) is 11.7 Å². The maximum Gasteiger partial charge on any atom is 0.120 e. The van der Waals surface area contributed by atoms with Crippen molar-refractivity contribution in [1.29, 1.82) is 0 Å². The molecule has 0 spiro atoms. The van der Waals surface area contributed by atoms with Gasteiger partial charge in [0.2, 0.25) is 0 Å². The fourth-order valence-electron chi connectivity index (χ4n) is 1.17. The number of hydrogen-bond acceptors (Lipinski definition) is 3. The first-order chi connectivity index (χ1) is 7.10. The minimum atomic E-state index is -0.997. The van der Waals surface area contributed by atoms with Gasteiger partial charge in [0.1, 0.15) is 11.9 Å². The number of methoxy groups -OCH3 is 1. The third kappa shape index (κ3) is 3.08. The predicted molar refractivity (Wildman–Crippen MR) is 62.8 cm³/mol. The van der Waals surface area contributed by atoms with Gasteiger partial charge in [-0.2, -0.15) is 0 Å². The van der Waals surface area contributed by atoms with Gasteiger partial charge in [-0.3, -0.25) is 0 Å². The van der Waals surface area contributed by atoms with Crippen LogP contribution < -0.4 is 4.74 Å². The Labute approximate surface area is 102 Å². The van der Waals surface area contributed by atoms with Crippen LogP contribution in [0.2, 0.25) is 5.02 Å². The molecule has 0 fully saturated rings. The quantitative estimate of drug-likeness (QED) is 0.837. The third-order valence-electron chi connectivity index (χ3n) is 2.05. The molecule has 0 amide bonds. The number of ether oxygens (including phenoxy) is 1. The second-order valence-corrected chi connectivity index (χ2v) is 4.11. The zero-order valence-electron chi connectivity index (χ0n) is 8.15. The van der Waals surface area contributed by atoms with Crippen LogP contribution in [0.3, 0.4) is 0 Å². The van der Waals surface area contributed by atoms with E-state index in [0.29, 0.717) is 16.3 Å². The van der Waals surface area contributed by atoms with Crippen LogP contribution in [-0.4, -0.2) is 28.8 Å². The van der Waals surface area contributed by atoms with Crippen LogP contribution in [0.15, 0.2) is 18.2 Å². The maximum atomic E-state index is 9.73. The van der Waals surface area contributed by atoms with Crippen molar-refractivity contribution in [2.24, 2.45) is 0 Å². The molecule has 0 aliphatic heterocycles. The van der Waals surface area contributed by atoms with E-state index < -0.39 is 12.2 Å². The summed E-state index contributed by atoms with van der Waals surface area (Å²) < 4.78 is 4.98. The van der Waals surface area contributed by atoms with Crippen LogP contribution >= 0.6 is 27.5 Å². The average Bonchev–Trinajstić information content (AvgIpc) is 2.26. The molecule has 2 unspecified atom stereocenters. The molecule has 15 heavy (non-hydrogen) atoms. The topological polar surface area (TPSA) is 49.7 Å². The summed E-state index contributed by atoms with van der Waals surface area (Å²) in [6.45, 7) is 0. The first kappa shape index (κ1) is 12.8. The van der Waals surface area contributed by atoms with E-state index in [4.69, 9.17) is 16.3 Å². The lowest BCUT2D eigenvalue weighted by atomic mass is 10.1. The lowest BCUT2D eigenvalue weighted by Crippen LogP contribution is -2.19. The Morgan fingerprint density at radius 3 is 2.60 bits per heavy atom. The van der Waals surface area contributed by atoms with Crippen molar-refractivity contribution in [3.05, 3.63) is 28.8 Å². The van der Waals surface area contributed by atoms with Crippen molar-refractivity contribution in [3.8, 4) is 5.75 Å². The molecule has 84 valence electrons. The first-order valence-electron chi connectivity index (χ1n) is 4.35. The molecule has 0 bridgehead atoms. The molecule has 0 aliphatic rings. The number of aliphatic hydroxyl groups excluding tert-OH is 2. The van der Waals surface area contributed by atoms with Gasteiger partial charge in [-0.25, -0.2) is 0 Å². The molecule has 0 radical (unpaired) electrons. The Hall–Kier alpha value is -0.290. The van der Waals surface area contributed by atoms with Gasteiger partial charge in [0.05, 0.1) is 18.2 Å². The van der Waals surface area contributed by atoms with Crippen molar-refractivity contribution >= 4 is 27.5 Å². The van der Waals surface area contributed by atoms with E-state index in [-0.39, 0.29) is 5.33 Å². The fourth-order valence-corrected chi connectivity index (χ4v) is 1.80. The van der Waals surface area contributed by atoms with Crippen LogP contribution in [0.4, 0.5) is 0 Å². The Balaban J connectivity index is 2.95. The van der Waals surface area contributed by atoms with Crippen LogP contribution in [0.25, 0.3) is 0 Å². The third-order valence-corrected chi connectivity index (χ3v) is 3.04. The molecule has 3 nitrogen and oxygen atoms in total. The summed E-state index contributed by atoms with van der Waals surface area (Å²) in [6.07, 6.45) is -1.88. The van der Waals surface area contributed by atoms with Crippen molar-refractivity contribution < 1.29 is 14.9 Å². The fraction of sp³-hybridized carbons (Fsp3) is 0.400. The van der Waals surface area contributed by atoms with Gasteiger partial charge in [0.15, 0.2) is 0 Å². The number of rotatable bonds is 4. The van der Waals surface area contributed by atoms with E-state index in [1.165, 1.54) is 7.11 Å². The van der Waals surface area contributed by atoms with Crippen molar-refractivity contribution in [2.75, 3.05) is 12.4 Å². The highest BCUT2D eigenvalue weighted by Gasteiger charge is 2.19. The minimum Gasteiger partial charge on any atom is -0.497 e. The molecule has 5 heteroatoms. The molecule has 0 aliphatic carbocycles.